The molecule has 0 spiro atoms. The van der Waals surface area contributed by atoms with Crippen molar-refractivity contribution in [3.8, 4) is 0 Å². The summed E-state index contributed by atoms with van der Waals surface area (Å²) >= 11 is 0. The van der Waals surface area contributed by atoms with Crippen LogP contribution in [0.3, 0.4) is 0 Å². The highest BCUT2D eigenvalue weighted by Gasteiger charge is 1.85. The van der Waals surface area contributed by atoms with Crippen molar-refractivity contribution in [3.63, 3.8) is 0 Å². The van der Waals surface area contributed by atoms with E-state index in [0.29, 0.717) is 0 Å². The summed E-state index contributed by atoms with van der Waals surface area (Å²) < 4.78 is 0. The Kier molecular flexibility index (Phi) is 9.03. The largest absolute Gasteiger partial charge is 0.0991 e. The molecule has 11 heavy (non-hydrogen) atoms. The van der Waals surface area contributed by atoms with Gasteiger partial charge in [0.2, 0.25) is 0 Å². The topological polar surface area (TPSA) is 0 Å². The zero-order valence-corrected chi connectivity index (χ0v) is 7.55. The Hall–Kier alpha value is -0.520. The van der Waals surface area contributed by atoms with Gasteiger partial charge in [0.25, 0.3) is 0 Å². The van der Waals surface area contributed by atoms with Gasteiger partial charge >= 0.3 is 0 Å². The highest BCUT2D eigenvalue weighted by Crippen LogP contribution is 2.03. The summed E-state index contributed by atoms with van der Waals surface area (Å²) in [4.78, 5) is 0. The van der Waals surface area contributed by atoms with Crippen LogP contribution in [0.5, 0.6) is 0 Å². The first kappa shape index (κ1) is 10.5. The quantitative estimate of drug-likeness (QED) is 0.382. The van der Waals surface area contributed by atoms with Gasteiger partial charge in [0.05, 0.1) is 0 Å². The van der Waals surface area contributed by atoms with E-state index in [1.807, 2.05) is 12.2 Å². The molecular weight excluding hydrogens is 132 g/mol. The van der Waals surface area contributed by atoms with Gasteiger partial charge in [-0.2, -0.15) is 0 Å². The summed E-state index contributed by atoms with van der Waals surface area (Å²) in [7, 11) is 0. The Morgan fingerprint density at radius 2 is 2.00 bits per heavy atom. The van der Waals surface area contributed by atoms with Crippen LogP contribution in [-0.2, 0) is 0 Å². The molecular formula is C11H19. The third-order valence-corrected chi connectivity index (χ3v) is 1.57. The Morgan fingerprint density at radius 3 is 2.64 bits per heavy atom. The number of hydrogen-bond donors (Lipinski definition) is 0. The molecule has 0 atom stereocenters. The van der Waals surface area contributed by atoms with Gasteiger partial charge in [-0.1, -0.05) is 51.0 Å². The van der Waals surface area contributed by atoms with Gasteiger partial charge in [-0.25, -0.2) is 0 Å². The van der Waals surface area contributed by atoms with Crippen LogP contribution in [0.25, 0.3) is 0 Å². The SMILES string of the molecule is C=CC=CCC[CH]CCCC. The van der Waals surface area contributed by atoms with Crippen molar-refractivity contribution in [2.45, 2.75) is 39.0 Å². The first-order chi connectivity index (χ1) is 5.41. The summed E-state index contributed by atoms with van der Waals surface area (Å²) in [5.74, 6) is 0. The molecule has 0 aromatic carbocycles. The van der Waals surface area contributed by atoms with E-state index in [0.717, 1.165) is 6.42 Å². The zero-order valence-electron chi connectivity index (χ0n) is 7.55. The van der Waals surface area contributed by atoms with E-state index in [9.17, 15) is 0 Å². The predicted octanol–water partition coefficient (Wildman–Crippen LogP) is 3.90. The molecule has 0 amide bonds. The van der Waals surface area contributed by atoms with Crippen molar-refractivity contribution in [2.24, 2.45) is 0 Å². The van der Waals surface area contributed by atoms with E-state index in [2.05, 4.69) is 26.0 Å². The summed E-state index contributed by atoms with van der Waals surface area (Å²) in [5, 5.41) is 0. The van der Waals surface area contributed by atoms with Crippen LogP contribution in [0.4, 0.5) is 0 Å². The average Bonchev–Trinajstić information content (AvgIpc) is 2.03. The first-order valence-corrected chi connectivity index (χ1v) is 4.51. The monoisotopic (exact) mass is 151 g/mol. The van der Waals surface area contributed by atoms with Crippen molar-refractivity contribution >= 4 is 0 Å². The Labute approximate surface area is 71.0 Å². The summed E-state index contributed by atoms with van der Waals surface area (Å²) in [5.41, 5.74) is 0. The molecule has 0 unspecified atom stereocenters. The van der Waals surface area contributed by atoms with E-state index in [1.165, 1.54) is 25.7 Å². The van der Waals surface area contributed by atoms with Crippen molar-refractivity contribution in [3.05, 3.63) is 31.2 Å². The van der Waals surface area contributed by atoms with Crippen LogP contribution < -0.4 is 0 Å². The first-order valence-electron chi connectivity index (χ1n) is 4.51. The van der Waals surface area contributed by atoms with Crippen LogP contribution in [0.2, 0.25) is 0 Å². The molecule has 0 rings (SSSR count). The maximum absolute atomic E-state index is 3.61. The third kappa shape index (κ3) is 9.48. The van der Waals surface area contributed by atoms with Crippen molar-refractivity contribution in [1.82, 2.24) is 0 Å². The second-order valence-corrected chi connectivity index (χ2v) is 2.67. The lowest BCUT2D eigenvalue weighted by molar-refractivity contribution is 0.748. The molecule has 0 nitrogen and oxygen atoms in total. The lowest BCUT2D eigenvalue weighted by Crippen LogP contribution is -1.76. The lowest BCUT2D eigenvalue weighted by Gasteiger charge is -1.94. The molecule has 0 heteroatoms. The molecule has 0 aliphatic carbocycles. The van der Waals surface area contributed by atoms with E-state index < -0.39 is 0 Å². The van der Waals surface area contributed by atoms with Gasteiger partial charge in [-0.15, -0.1) is 0 Å². The molecule has 0 heterocycles. The number of hydrogen-bond acceptors (Lipinski definition) is 0. The second kappa shape index (κ2) is 9.48. The molecule has 0 saturated heterocycles. The average molecular weight is 151 g/mol. The van der Waals surface area contributed by atoms with Crippen molar-refractivity contribution in [2.75, 3.05) is 0 Å². The summed E-state index contributed by atoms with van der Waals surface area (Å²) in [6.07, 6.45) is 14.7. The van der Waals surface area contributed by atoms with E-state index in [1.54, 1.807) is 0 Å². The molecule has 0 aliphatic rings. The fourth-order valence-electron chi connectivity index (χ4n) is 0.899. The molecule has 0 aromatic rings. The number of allylic oxidation sites excluding steroid dienone is 3. The highest BCUT2D eigenvalue weighted by molar-refractivity contribution is 4.97. The molecule has 0 aromatic heterocycles. The van der Waals surface area contributed by atoms with Gasteiger partial charge in [0.15, 0.2) is 0 Å². The number of unbranched alkanes of at least 4 members (excludes halogenated alkanes) is 5. The molecule has 0 aliphatic heterocycles. The number of rotatable bonds is 7. The maximum Gasteiger partial charge on any atom is -0.0345 e. The molecule has 0 N–H and O–H groups in total. The minimum atomic E-state index is 1.16. The van der Waals surface area contributed by atoms with Gasteiger partial charge in [0.1, 0.15) is 0 Å². The van der Waals surface area contributed by atoms with Gasteiger partial charge in [-0.3, -0.25) is 0 Å². The van der Waals surface area contributed by atoms with Crippen LogP contribution in [0.1, 0.15) is 39.0 Å². The fourth-order valence-corrected chi connectivity index (χ4v) is 0.899. The second-order valence-electron chi connectivity index (χ2n) is 2.67. The highest BCUT2D eigenvalue weighted by atomic mass is 13.9. The Morgan fingerprint density at radius 1 is 1.18 bits per heavy atom. The normalized spacial score (nSPS) is 10.6. The van der Waals surface area contributed by atoms with E-state index in [-0.39, 0.29) is 0 Å². The maximum atomic E-state index is 3.61. The smallest absolute Gasteiger partial charge is 0.0345 e. The van der Waals surface area contributed by atoms with Gasteiger partial charge < -0.3 is 0 Å². The van der Waals surface area contributed by atoms with Crippen LogP contribution >= 0.6 is 0 Å². The lowest BCUT2D eigenvalue weighted by atomic mass is 10.1. The van der Waals surface area contributed by atoms with Gasteiger partial charge in [0, 0.05) is 0 Å². The molecule has 0 fully saturated rings. The summed E-state index contributed by atoms with van der Waals surface area (Å²) in [6.45, 7) is 5.84. The Balaban J connectivity index is 2.90. The van der Waals surface area contributed by atoms with Crippen LogP contribution in [0.15, 0.2) is 24.8 Å². The molecule has 0 bridgehead atoms. The van der Waals surface area contributed by atoms with E-state index >= 15 is 0 Å². The minimum absolute atomic E-state index is 1.16. The fraction of sp³-hybridized carbons (Fsp3) is 0.545. The third-order valence-electron chi connectivity index (χ3n) is 1.57. The molecule has 1 radical (unpaired) electrons. The minimum Gasteiger partial charge on any atom is -0.0991 e. The van der Waals surface area contributed by atoms with Crippen molar-refractivity contribution in [1.29, 1.82) is 0 Å². The summed E-state index contributed by atoms with van der Waals surface area (Å²) in [6, 6.07) is 0. The van der Waals surface area contributed by atoms with Crippen LogP contribution in [-0.4, -0.2) is 0 Å². The molecule has 0 saturated carbocycles. The van der Waals surface area contributed by atoms with E-state index in [4.69, 9.17) is 0 Å². The van der Waals surface area contributed by atoms with Crippen LogP contribution in [0, 0.1) is 6.42 Å². The Bertz CT molecular complexity index is 101. The predicted molar refractivity (Wildman–Crippen MR) is 52.4 cm³/mol. The molecule has 63 valence electrons. The zero-order chi connectivity index (χ0) is 8.36. The standard InChI is InChI=1S/C11H19/c1-3-5-7-9-11-10-8-6-4-2/h3,5,7,10H,1,4,6,8-9,11H2,2H3. The van der Waals surface area contributed by atoms with Crippen molar-refractivity contribution < 1.29 is 0 Å². The van der Waals surface area contributed by atoms with Gasteiger partial charge in [-0.05, 0) is 19.3 Å².